The van der Waals surface area contributed by atoms with Crippen molar-refractivity contribution in [2.24, 2.45) is 0 Å². The molecule has 1 saturated heterocycles. The van der Waals surface area contributed by atoms with Gasteiger partial charge in [-0.3, -0.25) is 0 Å². The van der Waals surface area contributed by atoms with Crippen LogP contribution in [0.2, 0.25) is 0 Å². The number of carboxylic acid groups (broad SMARTS) is 1. The zero-order chi connectivity index (χ0) is 13.8. The number of hydrogen-bond donors (Lipinski definition) is 1. The van der Waals surface area contributed by atoms with Crippen LogP contribution in [0.5, 0.6) is 0 Å². The summed E-state index contributed by atoms with van der Waals surface area (Å²) < 4.78 is 5.67. The van der Waals surface area contributed by atoms with Gasteiger partial charge in [-0.05, 0) is 38.3 Å². The van der Waals surface area contributed by atoms with Gasteiger partial charge in [0.05, 0.1) is 11.7 Å². The fraction of sp³-hybridized carbons (Fsp3) is 0.571. The van der Waals surface area contributed by atoms with E-state index in [0.29, 0.717) is 0 Å². The van der Waals surface area contributed by atoms with E-state index in [1.807, 2.05) is 13.8 Å². The summed E-state index contributed by atoms with van der Waals surface area (Å²) in [7, 11) is 0. The summed E-state index contributed by atoms with van der Waals surface area (Å²) in [6.07, 6.45) is 3.83. The summed E-state index contributed by atoms with van der Waals surface area (Å²) >= 11 is 0. The van der Waals surface area contributed by atoms with Gasteiger partial charge in [-0.15, -0.1) is 0 Å². The molecule has 1 aliphatic rings. The van der Waals surface area contributed by atoms with Crippen molar-refractivity contribution in [2.45, 2.75) is 32.8 Å². The van der Waals surface area contributed by atoms with Gasteiger partial charge in [-0.25, -0.2) is 9.78 Å². The number of aryl methyl sites for hydroxylation is 1. The summed E-state index contributed by atoms with van der Waals surface area (Å²) in [5, 5.41) is 8.95. The first kappa shape index (κ1) is 13.8. The molecule has 1 aromatic heterocycles. The third-order valence-corrected chi connectivity index (χ3v) is 3.38. The van der Waals surface area contributed by atoms with E-state index in [1.54, 1.807) is 6.07 Å². The number of carbonyl (C=O) groups is 1. The van der Waals surface area contributed by atoms with Crippen LogP contribution >= 0.6 is 0 Å². The number of piperidine rings is 1. The topological polar surface area (TPSA) is 62.7 Å². The zero-order valence-electron chi connectivity index (χ0n) is 11.4. The molecule has 0 bridgehead atoms. The maximum absolute atomic E-state index is 10.9. The van der Waals surface area contributed by atoms with Crippen molar-refractivity contribution in [2.75, 3.05) is 24.6 Å². The fourth-order valence-electron chi connectivity index (χ4n) is 2.52. The van der Waals surface area contributed by atoms with Crippen LogP contribution in [0.25, 0.3) is 0 Å². The number of aromatic nitrogens is 1. The van der Waals surface area contributed by atoms with Crippen LogP contribution in [-0.2, 0) is 4.74 Å². The summed E-state index contributed by atoms with van der Waals surface area (Å²) in [6, 6.07) is 1.68. The standard InChI is InChI=1S/C14H20N2O3/c1-3-19-12-5-4-6-16(9-12)13-10(2)7-11(8-15-13)14(17)18/h7-8,12H,3-6,9H2,1-2H3,(H,17,18). The summed E-state index contributed by atoms with van der Waals surface area (Å²) in [6.45, 7) is 6.41. The Kier molecular flexibility index (Phi) is 4.37. The van der Waals surface area contributed by atoms with Gasteiger partial charge in [0.25, 0.3) is 0 Å². The lowest BCUT2D eigenvalue weighted by Gasteiger charge is -2.34. The second-order valence-electron chi connectivity index (χ2n) is 4.84. The van der Waals surface area contributed by atoms with Crippen molar-refractivity contribution >= 4 is 11.8 Å². The van der Waals surface area contributed by atoms with E-state index in [9.17, 15) is 4.79 Å². The first-order valence-electron chi connectivity index (χ1n) is 6.68. The Morgan fingerprint density at radius 3 is 3.05 bits per heavy atom. The van der Waals surface area contributed by atoms with Crippen molar-refractivity contribution in [1.82, 2.24) is 4.98 Å². The van der Waals surface area contributed by atoms with E-state index in [1.165, 1.54) is 6.20 Å². The van der Waals surface area contributed by atoms with Crippen molar-refractivity contribution in [3.8, 4) is 0 Å². The Labute approximate surface area is 113 Å². The minimum atomic E-state index is -0.937. The Hall–Kier alpha value is -1.62. The average Bonchev–Trinajstić information content (AvgIpc) is 2.39. The second-order valence-corrected chi connectivity index (χ2v) is 4.84. The Balaban J connectivity index is 2.15. The molecule has 1 aliphatic heterocycles. The van der Waals surface area contributed by atoms with Crippen molar-refractivity contribution in [3.63, 3.8) is 0 Å². The molecule has 0 saturated carbocycles. The molecule has 1 unspecified atom stereocenters. The van der Waals surface area contributed by atoms with Crippen LogP contribution in [0.1, 0.15) is 35.7 Å². The lowest BCUT2D eigenvalue weighted by Crippen LogP contribution is -2.40. The molecule has 0 aliphatic carbocycles. The second kappa shape index (κ2) is 6.02. The highest BCUT2D eigenvalue weighted by Crippen LogP contribution is 2.23. The van der Waals surface area contributed by atoms with Crippen LogP contribution in [0.15, 0.2) is 12.3 Å². The van der Waals surface area contributed by atoms with Crippen LogP contribution in [0.3, 0.4) is 0 Å². The molecule has 1 fully saturated rings. The third kappa shape index (κ3) is 3.23. The summed E-state index contributed by atoms with van der Waals surface area (Å²) in [5.41, 5.74) is 1.14. The van der Waals surface area contributed by atoms with Gasteiger partial charge in [-0.2, -0.15) is 0 Å². The first-order chi connectivity index (χ1) is 9.11. The average molecular weight is 264 g/mol. The van der Waals surface area contributed by atoms with Crippen LogP contribution in [0, 0.1) is 6.92 Å². The highest BCUT2D eigenvalue weighted by molar-refractivity contribution is 5.87. The van der Waals surface area contributed by atoms with Gasteiger partial charge in [0, 0.05) is 25.9 Å². The molecule has 0 spiro atoms. The number of ether oxygens (including phenoxy) is 1. The predicted molar refractivity (Wildman–Crippen MR) is 72.8 cm³/mol. The minimum Gasteiger partial charge on any atom is -0.478 e. The number of anilines is 1. The SMILES string of the molecule is CCOC1CCCN(c2ncc(C(=O)O)cc2C)C1. The molecule has 5 heteroatoms. The highest BCUT2D eigenvalue weighted by atomic mass is 16.5. The van der Waals surface area contributed by atoms with E-state index in [-0.39, 0.29) is 11.7 Å². The summed E-state index contributed by atoms with van der Waals surface area (Å²) in [4.78, 5) is 17.4. The number of carboxylic acids is 1. The van der Waals surface area contributed by atoms with Gasteiger partial charge in [0.2, 0.25) is 0 Å². The van der Waals surface area contributed by atoms with E-state index in [0.717, 1.165) is 43.9 Å². The number of hydrogen-bond acceptors (Lipinski definition) is 4. The fourth-order valence-corrected chi connectivity index (χ4v) is 2.52. The molecule has 104 valence electrons. The van der Waals surface area contributed by atoms with Crippen molar-refractivity contribution in [1.29, 1.82) is 0 Å². The molecular weight excluding hydrogens is 244 g/mol. The monoisotopic (exact) mass is 264 g/mol. The molecule has 2 heterocycles. The summed E-state index contributed by atoms with van der Waals surface area (Å²) in [5.74, 6) is -0.0672. The van der Waals surface area contributed by atoms with Crippen molar-refractivity contribution < 1.29 is 14.6 Å². The largest absolute Gasteiger partial charge is 0.478 e. The minimum absolute atomic E-state index is 0.236. The predicted octanol–water partition coefficient (Wildman–Crippen LogP) is 2.09. The quantitative estimate of drug-likeness (QED) is 0.902. The molecule has 0 radical (unpaired) electrons. The molecule has 1 atom stereocenters. The van der Waals surface area contributed by atoms with Gasteiger partial charge >= 0.3 is 5.97 Å². The molecule has 1 aromatic rings. The zero-order valence-corrected chi connectivity index (χ0v) is 11.4. The van der Waals surface area contributed by atoms with E-state index in [2.05, 4.69) is 9.88 Å². The van der Waals surface area contributed by atoms with Crippen LogP contribution in [0.4, 0.5) is 5.82 Å². The Bertz CT molecular complexity index is 460. The van der Waals surface area contributed by atoms with Crippen molar-refractivity contribution in [3.05, 3.63) is 23.4 Å². The molecule has 0 aromatic carbocycles. The maximum Gasteiger partial charge on any atom is 0.337 e. The lowest BCUT2D eigenvalue weighted by atomic mass is 10.1. The van der Waals surface area contributed by atoms with Crippen LogP contribution < -0.4 is 4.90 Å². The third-order valence-electron chi connectivity index (χ3n) is 3.38. The normalized spacial score (nSPS) is 19.5. The van der Waals surface area contributed by atoms with E-state index < -0.39 is 5.97 Å². The maximum atomic E-state index is 10.9. The van der Waals surface area contributed by atoms with Gasteiger partial charge in [-0.1, -0.05) is 0 Å². The van der Waals surface area contributed by atoms with E-state index >= 15 is 0 Å². The van der Waals surface area contributed by atoms with E-state index in [4.69, 9.17) is 9.84 Å². The highest BCUT2D eigenvalue weighted by Gasteiger charge is 2.22. The smallest absolute Gasteiger partial charge is 0.337 e. The molecule has 0 amide bonds. The molecule has 1 N–H and O–H groups in total. The molecule has 2 rings (SSSR count). The number of rotatable bonds is 4. The molecular formula is C14H20N2O3. The van der Waals surface area contributed by atoms with Gasteiger partial charge in [0.1, 0.15) is 5.82 Å². The van der Waals surface area contributed by atoms with Crippen LogP contribution in [-0.4, -0.2) is 41.9 Å². The number of aromatic carboxylic acids is 1. The molecule has 19 heavy (non-hydrogen) atoms. The Morgan fingerprint density at radius 2 is 2.42 bits per heavy atom. The first-order valence-corrected chi connectivity index (χ1v) is 6.68. The van der Waals surface area contributed by atoms with Gasteiger partial charge < -0.3 is 14.7 Å². The lowest BCUT2D eigenvalue weighted by molar-refractivity contribution is 0.0524. The number of pyridine rings is 1. The number of nitrogens with zero attached hydrogens (tertiary/aromatic N) is 2. The molecule has 5 nitrogen and oxygen atoms in total. The Morgan fingerprint density at radius 1 is 1.63 bits per heavy atom. The van der Waals surface area contributed by atoms with Gasteiger partial charge in [0.15, 0.2) is 0 Å².